The van der Waals surface area contributed by atoms with Crippen molar-refractivity contribution in [3.63, 3.8) is 0 Å². The molecule has 0 bridgehead atoms. The normalized spacial score (nSPS) is 19.2. The van der Waals surface area contributed by atoms with Gasteiger partial charge in [-0.15, -0.1) is 0 Å². The van der Waals surface area contributed by atoms with E-state index in [1.54, 1.807) is 0 Å². The van der Waals surface area contributed by atoms with Gasteiger partial charge in [-0.05, 0) is 12.3 Å². The number of hydrogen-bond acceptors (Lipinski definition) is 3. The zero-order chi connectivity index (χ0) is 9.68. The molecule has 5 heteroatoms. The Morgan fingerprint density at radius 1 is 1.69 bits per heavy atom. The molecule has 0 saturated heterocycles. The van der Waals surface area contributed by atoms with Crippen LogP contribution in [0.1, 0.15) is 25.7 Å². The van der Waals surface area contributed by atoms with E-state index in [0.29, 0.717) is 12.3 Å². The molecule has 1 saturated carbocycles. The molecule has 1 aliphatic carbocycles. The Morgan fingerprint density at radius 2 is 2.38 bits per heavy atom. The van der Waals surface area contributed by atoms with E-state index in [1.807, 2.05) is 0 Å². The van der Waals surface area contributed by atoms with E-state index in [0.717, 1.165) is 12.8 Å². The molecule has 1 atom stereocenters. The number of carboxylic acids is 1. The number of carbonyl (C=O) groups is 1. The minimum Gasteiger partial charge on any atom is -0.481 e. The van der Waals surface area contributed by atoms with E-state index >= 15 is 0 Å². The van der Waals surface area contributed by atoms with Crippen molar-refractivity contribution in [1.29, 1.82) is 0 Å². The largest absolute Gasteiger partial charge is 0.481 e. The number of aliphatic carboxylic acids is 1. The van der Waals surface area contributed by atoms with Gasteiger partial charge in [0.2, 0.25) is 0 Å². The van der Waals surface area contributed by atoms with Gasteiger partial charge in [-0.25, -0.2) is 0 Å². The molecule has 3 N–H and O–H groups in total. The van der Waals surface area contributed by atoms with E-state index in [9.17, 15) is 4.79 Å². The van der Waals surface area contributed by atoms with Crippen LogP contribution in [0.2, 0.25) is 5.82 Å². The van der Waals surface area contributed by atoms with Crippen molar-refractivity contribution in [2.75, 3.05) is 6.73 Å². The first-order valence-corrected chi connectivity index (χ1v) is 4.62. The van der Waals surface area contributed by atoms with Crippen molar-refractivity contribution in [2.24, 2.45) is 11.7 Å². The lowest BCUT2D eigenvalue weighted by molar-refractivity contribution is -0.137. The molecule has 1 rings (SSSR count). The quantitative estimate of drug-likeness (QED) is 0.468. The lowest BCUT2D eigenvalue weighted by Gasteiger charge is -2.27. The van der Waals surface area contributed by atoms with Gasteiger partial charge < -0.3 is 15.5 Å². The molecular weight excluding hydrogens is 169 g/mol. The molecule has 0 amide bonds. The highest BCUT2D eigenvalue weighted by Crippen LogP contribution is 2.33. The topological polar surface area (TPSA) is 72.5 Å². The predicted octanol–water partition coefficient (Wildman–Crippen LogP) is 0.602. The van der Waals surface area contributed by atoms with Crippen molar-refractivity contribution in [3.8, 4) is 0 Å². The van der Waals surface area contributed by atoms with Gasteiger partial charge >= 0.3 is 13.5 Å². The summed E-state index contributed by atoms with van der Waals surface area (Å²) in [5.74, 6) is -0.743. The van der Waals surface area contributed by atoms with Crippen molar-refractivity contribution in [2.45, 2.75) is 31.5 Å². The van der Waals surface area contributed by atoms with Crippen molar-refractivity contribution in [1.82, 2.24) is 0 Å². The van der Waals surface area contributed by atoms with Crippen molar-refractivity contribution in [3.05, 3.63) is 0 Å². The van der Waals surface area contributed by atoms with E-state index in [2.05, 4.69) is 0 Å². The molecule has 1 fully saturated rings. The maximum atomic E-state index is 10.7. The summed E-state index contributed by atoms with van der Waals surface area (Å²) in [5.41, 5.74) is 5.11. The maximum absolute atomic E-state index is 10.7. The van der Waals surface area contributed by atoms with E-state index in [4.69, 9.17) is 15.5 Å². The Labute approximate surface area is 78.7 Å². The highest BCUT2D eigenvalue weighted by atomic mass is 16.4. The fourth-order valence-electron chi connectivity index (χ4n) is 1.47. The summed E-state index contributed by atoms with van der Waals surface area (Å²) in [6.45, 7) is 0.0500. The molecule has 1 unspecified atom stereocenters. The van der Waals surface area contributed by atoms with Crippen LogP contribution in [0.4, 0.5) is 0 Å². The summed E-state index contributed by atoms with van der Waals surface area (Å²) in [6.07, 6.45) is 4.23. The SMILES string of the molecule is NCO[B]C(CC1CCC1)C(=O)O. The van der Waals surface area contributed by atoms with Gasteiger partial charge in [-0.1, -0.05) is 19.3 Å². The number of rotatable bonds is 6. The zero-order valence-electron chi connectivity index (χ0n) is 7.61. The molecule has 0 spiro atoms. The second kappa shape index (κ2) is 5.24. The third-order valence-corrected chi connectivity index (χ3v) is 2.49. The molecular formula is C8H15BNO3. The summed E-state index contributed by atoms with van der Waals surface area (Å²) in [5, 5.41) is 8.82. The van der Waals surface area contributed by atoms with Crippen LogP contribution >= 0.6 is 0 Å². The first kappa shape index (κ1) is 10.5. The molecule has 1 aliphatic rings. The van der Waals surface area contributed by atoms with Crippen LogP contribution in [0.15, 0.2) is 0 Å². The molecule has 1 radical (unpaired) electrons. The molecule has 0 aromatic carbocycles. The van der Waals surface area contributed by atoms with Crippen LogP contribution in [-0.4, -0.2) is 25.3 Å². The number of carboxylic acid groups (broad SMARTS) is 1. The summed E-state index contributed by atoms with van der Waals surface area (Å²) in [4.78, 5) is 10.7. The summed E-state index contributed by atoms with van der Waals surface area (Å²) in [6, 6.07) is 0. The average molecular weight is 184 g/mol. The monoisotopic (exact) mass is 184 g/mol. The van der Waals surface area contributed by atoms with Crippen LogP contribution in [0, 0.1) is 5.92 Å². The lowest BCUT2D eigenvalue weighted by atomic mass is 9.69. The molecule has 0 heterocycles. The Bertz CT molecular complexity index is 173. The minimum absolute atomic E-state index is 0.0500. The first-order chi connectivity index (χ1) is 6.24. The van der Waals surface area contributed by atoms with Crippen LogP contribution in [0.3, 0.4) is 0 Å². The second-order valence-corrected chi connectivity index (χ2v) is 3.45. The standard InChI is InChI=1S/C8H15BNO3/c10-5-13-9-7(8(11)12)4-6-2-1-3-6/h6-7H,1-5,10H2,(H,11,12). The zero-order valence-corrected chi connectivity index (χ0v) is 7.61. The Kier molecular flexibility index (Phi) is 4.25. The number of nitrogens with two attached hydrogens (primary N) is 1. The summed E-state index contributed by atoms with van der Waals surface area (Å²) in [7, 11) is 1.35. The highest BCUT2D eigenvalue weighted by molar-refractivity contribution is 6.36. The minimum atomic E-state index is -0.819. The molecule has 0 aromatic rings. The third kappa shape index (κ3) is 3.36. The summed E-state index contributed by atoms with van der Waals surface area (Å²) < 4.78 is 4.80. The second-order valence-electron chi connectivity index (χ2n) is 3.45. The van der Waals surface area contributed by atoms with Gasteiger partial charge in [0, 0.05) is 0 Å². The Hall–Kier alpha value is -0.545. The van der Waals surface area contributed by atoms with Crippen molar-refractivity contribution < 1.29 is 14.6 Å². The maximum Gasteiger partial charge on any atom is 0.309 e. The highest BCUT2D eigenvalue weighted by Gasteiger charge is 2.27. The van der Waals surface area contributed by atoms with E-state index in [-0.39, 0.29) is 6.73 Å². The third-order valence-electron chi connectivity index (χ3n) is 2.49. The molecule has 0 aliphatic heterocycles. The molecule has 73 valence electrons. The summed E-state index contributed by atoms with van der Waals surface area (Å²) >= 11 is 0. The lowest BCUT2D eigenvalue weighted by Crippen LogP contribution is -2.24. The van der Waals surface area contributed by atoms with Gasteiger partial charge in [0.05, 0.1) is 12.5 Å². The fourth-order valence-corrected chi connectivity index (χ4v) is 1.47. The van der Waals surface area contributed by atoms with Gasteiger partial charge in [0.25, 0.3) is 0 Å². The van der Waals surface area contributed by atoms with E-state index < -0.39 is 11.8 Å². The van der Waals surface area contributed by atoms with Crippen LogP contribution in [0.5, 0.6) is 0 Å². The van der Waals surface area contributed by atoms with Gasteiger partial charge in [0.15, 0.2) is 0 Å². The first-order valence-electron chi connectivity index (χ1n) is 4.62. The molecule has 0 aromatic heterocycles. The smallest absolute Gasteiger partial charge is 0.309 e. The fraction of sp³-hybridized carbons (Fsp3) is 0.875. The number of hydrogen-bond donors (Lipinski definition) is 2. The predicted molar refractivity (Wildman–Crippen MR) is 49.2 cm³/mol. The van der Waals surface area contributed by atoms with Crippen LogP contribution in [-0.2, 0) is 9.45 Å². The van der Waals surface area contributed by atoms with Crippen molar-refractivity contribution >= 4 is 13.5 Å². The van der Waals surface area contributed by atoms with Gasteiger partial charge in [0.1, 0.15) is 0 Å². The molecule has 4 nitrogen and oxygen atoms in total. The average Bonchev–Trinajstić information content (AvgIpc) is 2.01. The van der Waals surface area contributed by atoms with Crippen LogP contribution in [0.25, 0.3) is 0 Å². The van der Waals surface area contributed by atoms with Crippen LogP contribution < -0.4 is 5.73 Å². The Morgan fingerprint density at radius 3 is 2.77 bits per heavy atom. The molecule has 13 heavy (non-hydrogen) atoms. The van der Waals surface area contributed by atoms with Gasteiger partial charge in [-0.2, -0.15) is 0 Å². The van der Waals surface area contributed by atoms with E-state index in [1.165, 1.54) is 13.9 Å². The van der Waals surface area contributed by atoms with Gasteiger partial charge in [-0.3, -0.25) is 4.79 Å². The Balaban J connectivity index is 2.23.